The maximum absolute atomic E-state index is 14.7. The van der Waals surface area contributed by atoms with Gasteiger partial charge in [0.25, 0.3) is 5.91 Å². The zero-order valence-corrected chi connectivity index (χ0v) is 19.3. The van der Waals surface area contributed by atoms with E-state index in [0.717, 1.165) is 43.2 Å². The number of aryl methyl sites for hydroxylation is 2. The first-order chi connectivity index (χ1) is 16.6. The number of anilines is 3. The normalized spacial score (nSPS) is 13.4. The topological polar surface area (TPSA) is 88.6 Å². The summed E-state index contributed by atoms with van der Waals surface area (Å²) < 4.78 is 25.2. The maximum atomic E-state index is 14.7. The van der Waals surface area contributed by atoms with E-state index in [-0.39, 0.29) is 11.7 Å². The second-order valence-electron chi connectivity index (χ2n) is 7.92. The Hall–Kier alpha value is -3.72. The van der Waals surface area contributed by atoms with E-state index in [1.165, 1.54) is 20.2 Å². The van der Waals surface area contributed by atoms with Crippen LogP contribution in [0.1, 0.15) is 21.5 Å². The largest absolute Gasteiger partial charge is 0.494 e. The van der Waals surface area contributed by atoms with Crippen molar-refractivity contribution in [1.29, 1.82) is 0 Å². The highest BCUT2D eigenvalue weighted by molar-refractivity contribution is 5.94. The Morgan fingerprint density at radius 1 is 1.15 bits per heavy atom. The van der Waals surface area contributed by atoms with Crippen LogP contribution in [0, 0.1) is 5.82 Å². The van der Waals surface area contributed by atoms with Crippen molar-refractivity contribution in [2.24, 2.45) is 0 Å². The van der Waals surface area contributed by atoms with Gasteiger partial charge in [0.05, 0.1) is 20.3 Å². The highest BCUT2D eigenvalue weighted by atomic mass is 19.1. The predicted molar refractivity (Wildman–Crippen MR) is 129 cm³/mol. The Labute approximate surface area is 198 Å². The van der Waals surface area contributed by atoms with E-state index in [9.17, 15) is 9.18 Å². The van der Waals surface area contributed by atoms with Crippen LogP contribution in [0.4, 0.5) is 21.7 Å². The molecule has 34 heavy (non-hydrogen) atoms. The minimum absolute atomic E-state index is 0.0474. The zero-order valence-electron chi connectivity index (χ0n) is 19.3. The third kappa shape index (κ3) is 5.60. The average molecular weight is 466 g/mol. The van der Waals surface area contributed by atoms with Crippen LogP contribution in [0.15, 0.2) is 48.8 Å². The van der Waals surface area contributed by atoms with Gasteiger partial charge in [0.2, 0.25) is 5.95 Å². The van der Waals surface area contributed by atoms with Crippen LogP contribution < -0.4 is 20.3 Å². The van der Waals surface area contributed by atoms with Gasteiger partial charge in [0.1, 0.15) is 0 Å². The first kappa shape index (κ1) is 23.4. The van der Waals surface area contributed by atoms with Crippen LogP contribution in [-0.4, -0.2) is 56.3 Å². The summed E-state index contributed by atoms with van der Waals surface area (Å²) in [5.74, 6) is -0.228. The van der Waals surface area contributed by atoms with Gasteiger partial charge in [-0.15, -0.1) is 0 Å². The summed E-state index contributed by atoms with van der Waals surface area (Å²) in [7, 11) is 2.91. The molecular formula is C25H28FN5O3. The molecule has 2 aromatic carbocycles. The highest BCUT2D eigenvalue weighted by Crippen LogP contribution is 2.25. The number of hydrogen-bond donors (Lipinski definition) is 2. The number of ether oxygens (including phenoxy) is 2. The molecule has 0 radical (unpaired) electrons. The Kier molecular flexibility index (Phi) is 7.54. The average Bonchev–Trinajstić information content (AvgIpc) is 2.89. The number of amides is 1. The molecule has 1 saturated heterocycles. The Balaban J connectivity index is 1.41. The van der Waals surface area contributed by atoms with Crippen LogP contribution in [-0.2, 0) is 17.6 Å². The SMILES string of the molecule is CNC(=O)c1cc(CCc2cnc(Nc3cccc(N4CCOCC4)c3)nc2)c(F)c(OC)c1. The molecule has 0 bridgehead atoms. The van der Waals surface area contributed by atoms with E-state index in [0.29, 0.717) is 29.9 Å². The van der Waals surface area contributed by atoms with Crippen LogP contribution in [0.5, 0.6) is 5.75 Å². The second kappa shape index (κ2) is 10.9. The summed E-state index contributed by atoms with van der Waals surface area (Å²) in [6.45, 7) is 3.20. The minimum atomic E-state index is -0.463. The van der Waals surface area contributed by atoms with Gasteiger partial charge in [-0.05, 0) is 54.3 Å². The summed E-state index contributed by atoms with van der Waals surface area (Å²) in [5.41, 5.74) is 3.64. The molecule has 1 amide bonds. The van der Waals surface area contributed by atoms with Gasteiger partial charge < -0.3 is 25.0 Å². The molecule has 0 aliphatic carbocycles. The van der Waals surface area contributed by atoms with Gasteiger partial charge in [0, 0.05) is 49.5 Å². The van der Waals surface area contributed by atoms with Gasteiger partial charge in [-0.2, -0.15) is 0 Å². The number of rotatable bonds is 8. The van der Waals surface area contributed by atoms with Gasteiger partial charge in [-0.25, -0.2) is 14.4 Å². The smallest absolute Gasteiger partial charge is 0.251 e. The third-order valence-corrected chi connectivity index (χ3v) is 5.69. The predicted octanol–water partition coefficient (Wildman–Crippen LogP) is 3.35. The molecule has 4 rings (SSSR count). The number of nitrogens with zero attached hydrogens (tertiary/aromatic N) is 3. The second-order valence-corrected chi connectivity index (χ2v) is 7.92. The highest BCUT2D eigenvalue weighted by Gasteiger charge is 2.15. The van der Waals surface area contributed by atoms with Gasteiger partial charge in [0.15, 0.2) is 11.6 Å². The molecule has 2 heterocycles. The lowest BCUT2D eigenvalue weighted by atomic mass is 10.0. The molecule has 1 aliphatic rings. The molecule has 1 aliphatic heterocycles. The summed E-state index contributed by atoms with van der Waals surface area (Å²) in [6.07, 6.45) is 4.34. The molecule has 1 aromatic heterocycles. The first-order valence-electron chi connectivity index (χ1n) is 11.2. The fourth-order valence-electron chi connectivity index (χ4n) is 3.82. The number of halogens is 1. The molecule has 1 fully saturated rings. The monoisotopic (exact) mass is 465 g/mol. The number of methoxy groups -OCH3 is 1. The summed E-state index contributed by atoms with van der Waals surface area (Å²) >= 11 is 0. The Bertz CT molecular complexity index is 1130. The van der Waals surface area contributed by atoms with Crippen LogP contribution in [0.3, 0.4) is 0 Å². The summed E-state index contributed by atoms with van der Waals surface area (Å²) in [4.78, 5) is 23.1. The van der Waals surface area contributed by atoms with Crippen LogP contribution in [0.25, 0.3) is 0 Å². The molecule has 178 valence electrons. The molecule has 0 saturated carbocycles. The maximum Gasteiger partial charge on any atom is 0.251 e. The lowest BCUT2D eigenvalue weighted by molar-refractivity contribution is 0.0962. The molecule has 2 N–H and O–H groups in total. The molecule has 9 heteroatoms. The number of benzene rings is 2. The van der Waals surface area contributed by atoms with E-state index in [4.69, 9.17) is 9.47 Å². The molecule has 8 nitrogen and oxygen atoms in total. The molecular weight excluding hydrogens is 437 g/mol. The number of morpholine rings is 1. The van der Waals surface area contributed by atoms with Crippen molar-refractivity contribution >= 4 is 23.2 Å². The molecule has 0 unspecified atom stereocenters. The Morgan fingerprint density at radius 2 is 1.91 bits per heavy atom. The number of nitrogens with one attached hydrogen (secondary N) is 2. The van der Waals surface area contributed by atoms with Crippen molar-refractivity contribution < 1.29 is 18.7 Å². The number of hydrogen-bond acceptors (Lipinski definition) is 7. The summed E-state index contributed by atoms with van der Waals surface area (Å²) in [5, 5.41) is 5.78. The quantitative estimate of drug-likeness (QED) is 0.527. The lowest BCUT2D eigenvalue weighted by Crippen LogP contribution is -2.36. The Morgan fingerprint density at radius 3 is 2.62 bits per heavy atom. The molecule has 3 aromatic rings. The van der Waals surface area contributed by atoms with Crippen molar-refractivity contribution in [2.45, 2.75) is 12.8 Å². The van der Waals surface area contributed by atoms with E-state index in [1.807, 2.05) is 12.1 Å². The van der Waals surface area contributed by atoms with E-state index >= 15 is 0 Å². The number of aromatic nitrogens is 2. The molecule has 0 atom stereocenters. The number of carbonyl (C=O) groups is 1. The van der Waals surface area contributed by atoms with Gasteiger partial charge in [-0.1, -0.05) is 6.07 Å². The first-order valence-corrected chi connectivity index (χ1v) is 11.2. The van der Waals surface area contributed by atoms with Crippen LogP contribution >= 0.6 is 0 Å². The van der Waals surface area contributed by atoms with Crippen molar-refractivity contribution in [1.82, 2.24) is 15.3 Å². The van der Waals surface area contributed by atoms with Crippen molar-refractivity contribution in [3.8, 4) is 5.75 Å². The van der Waals surface area contributed by atoms with E-state index < -0.39 is 5.82 Å². The number of carbonyl (C=O) groups excluding carboxylic acids is 1. The zero-order chi connectivity index (χ0) is 23.9. The molecule has 0 spiro atoms. The van der Waals surface area contributed by atoms with Crippen molar-refractivity contribution in [2.75, 3.05) is 50.7 Å². The van der Waals surface area contributed by atoms with Gasteiger partial charge in [-0.3, -0.25) is 4.79 Å². The minimum Gasteiger partial charge on any atom is -0.494 e. The van der Waals surface area contributed by atoms with E-state index in [1.54, 1.807) is 18.5 Å². The fourth-order valence-corrected chi connectivity index (χ4v) is 3.82. The van der Waals surface area contributed by atoms with Gasteiger partial charge >= 0.3 is 0 Å². The third-order valence-electron chi connectivity index (χ3n) is 5.69. The van der Waals surface area contributed by atoms with Crippen molar-refractivity contribution in [3.63, 3.8) is 0 Å². The summed E-state index contributed by atoms with van der Waals surface area (Å²) in [6, 6.07) is 11.1. The van der Waals surface area contributed by atoms with Crippen molar-refractivity contribution in [3.05, 3.63) is 71.3 Å². The standard InChI is InChI=1S/C25H28FN5O3/c1-27-24(32)19-12-18(23(26)22(13-19)33-2)7-6-17-15-28-25(29-16-17)30-20-4-3-5-21(14-20)31-8-10-34-11-9-31/h3-5,12-16H,6-11H2,1-2H3,(H,27,32)(H,28,29,30). The van der Waals surface area contributed by atoms with Crippen LogP contribution in [0.2, 0.25) is 0 Å². The van der Waals surface area contributed by atoms with E-state index in [2.05, 4.69) is 37.6 Å². The lowest BCUT2D eigenvalue weighted by Gasteiger charge is -2.29. The fraction of sp³-hybridized carbons (Fsp3) is 0.320.